The highest BCUT2D eigenvalue weighted by Gasteiger charge is 2.24. The first kappa shape index (κ1) is 21.1. The highest BCUT2D eigenvalue weighted by atomic mass is 32.2. The summed E-state index contributed by atoms with van der Waals surface area (Å²) in [5.41, 5.74) is 1.84. The molecule has 28 heavy (non-hydrogen) atoms. The van der Waals surface area contributed by atoms with E-state index in [4.69, 9.17) is 9.47 Å². The summed E-state index contributed by atoms with van der Waals surface area (Å²) in [6, 6.07) is 7.35. The van der Waals surface area contributed by atoms with Crippen LogP contribution in [0.15, 0.2) is 35.0 Å². The zero-order chi connectivity index (χ0) is 20.0. The molecule has 1 saturated heterocycles. The number of thiophene rings is 1. The van der Waals surface area contributed by atoms with Crippen LogP contribution in [-0.2, 0) is 15.8 Å². The molecule has 0 amide bonds. The number of piperidine rings is 1. The minimum atomic E-state index is -3.47. The Bertz CT molecular complexity index is 847. The minimum absolute atomic E-state index is 0.0757. The van der Waals surface area contributed by atoms with Gasteiger partial charge in [0.1, 0.15) is 0 Å². The molecular formula is C20H28N2O4S2. The van der Waals surface area contributed by atoms with Crippen molar-refractivity contribution in [1.82, 2.24) is 9.62 Å². The van der Waals surface area contributed by atoms with E-state index in [1.165, 1.54) is 24.8 Å². The Morgan fingerprint density at radius 1 is 1.11 bits per heavy atom. The average Bonchev–Trinajstić information content (AvgIpc) is 3.23. The molecule has 1 aromatic heterocycles. The van der Waals surface area contributed by atoms with Crippen LogP contribution in [0.1, 0.15) is 36.4 Å². The van der Waals surface area contributed by atoms with Crippen LogP contribution in [0.5, 0.6) is 11.5 Å². The second kappa shape index (κ2) is 9.73. The zero-order valence-electron chi connectivity index (χ0n) is 16.4. The first-order valence-corrected chi connectivity index (χ1v) is 12.1. The first-order chi connectivity index (χ1) is 13.5. The molecule has 1 N–H and O–H groups in total. The fraction of sp³-hybridized carbons (Fsp3) is 0.500. The zero-order valence-corrected chi connectivity index (χ0v) is 18.0. The summed E-state index contributed by atoms with van der Waals surface area (Å²) in [4.78, 5) is 2.39. The van der Waals surface area contributed by atoms with Gasteiger partial charge in [0.05, 0.1) is 20.0 Å². The predicted molar refractivity (Wildman–Crippen MR) is 113 cm³/mol. The van der Waals surface area contributed by atoms with Gasteiger partial charge < -0.3 is 9.47 Å². The normalized spacial score (nSPS) is 16.6. The number of hydrogen-bond donors (Lipinski definition) is 1. The molecule has 1 aliphatic heterocycles. The highest BCUT2D eigenvalue weighted by Crippen LogP contribution is 2.29. The Labute approximate surface area is 171 Å². The Hall–Kier alpha value is -1.61. The third-order valence-corrected chi connectivity index (χ3v) is 7.08. The number of hydrogen-bond acceptors (Lipinski definition) is 6. The lowest BCUT2D eigenvalue weighted by atomic mass is 10.0. The molecule has 154 valence electrons. The van der Waals surface area contributed by atoms with Crippen molar-refractivity contribution in [2.45, 2.75) is 31.1 Å². The molecule has 8 heteroatoms. The molecule has 2 heterocycles. The first-order valence-electron chi connectivity index (χ1n) is 9.47. The summed E-state index contributed by atoms with van der Waals surface area (Å²) >= 11 is 1.65. The highest BCUT2D eigenvalue weighted by molar-refractivity contribution is 7.88. The molecule has 0 aliphatic carbocycles. The van der Waals surface area contributed by atoms with Gasteiger partial charge in [-0.25, -0.2) is 13.1 Å². The third-order valence-electron chi connectivity index (χ3n) is 5.06. The van der Waals surface area contributed by atoms with Crippen LogP contribution in [0.4, 0.5) is 0 Å². The number of ether oxygens (including phenoxy) is 2. The van der Waals surface area contributed by atoms with Crippen molar-refractivity contribution in [2.75, 3.05) is 33.9 Å². The number of sulfonamides is 1. The standard InChI is InChI=1S/C20H28N2O4S2/c1-25-19-7-6-16(12-20(19)26-2)15-28(23,24)21-13-18(17-8-11-27-14-17)22-9-4-3-5-10-22/h6-8,11-12,14,18,21H,3-5,9-10,13,15H2,1-2H3. The average molecular weight is 425 g/mol. The van der Waals surface area contributed by atoms with E-state index in [9.17, 15) is 8.42 Å². The van der Waals surface area contributed by atoms with Crippen LogP contribution in [0.2, 0.25) is 0 Å². The van der Waals surface area contributed by atoms with Gasteiger partial charge in [-0.05, 0) is 66.0 Å². The van der Waals surface area contributed by atoms with Crippen molar-refractivity contribution in [2.24, 2.45) is 0 Å². The van der Waals surface area contributed by atoms with E-state index in [0.29, 0.717) is 23.6 Å². The van der Waals surface area contributed by atoms with E-state index in [2.05, 4.69) is 21.1 Å². The monoisotopic (exact) mass is 424 g/mol. The van der Waals surface area contributed by atoms with Gasteiger partial charge in [0.15, 0.2) is 11.5 Å². The quantitative estimate of drug-likeness (QED) is 0.668. The summed E-state index contributed by atoms with van der Waals surface area (Å²) in [7, 11) is -0.377. The second-order valence-electron chi connectivity index (χ2n) is 6.97. The number of rotatable bonds is 9. The van der Waals surface area contributed by atoms with Gasteiger partial charge >= 0.3 is 0 Å². The maximum Gasteiger partial charge on any atom is 0.215 e. The fourth-order valence-corrected chi connectivity index (χ4v) is 5.44. The number of nitrogens with zero attached hydrogens (tertiary/aromatic N) is 1. The Balaban J connectivity index is 1.68. The summed E-state index contributed by atoms with van der Waals surface area (Å²) in [6.07, 6.45) is 3.58. The summed E-state index contributed by atoms with van der Waals surface area (Å²) in [5.74, 6) is 1.02. The number of benzene rings is 1. The van der Waals surface area contributed by atoms with Crippen molar-refractivity contribution in [3.05, 3.63) is 46.2 Å². The molecule has 2 aromatic rings. The van der Waals surface area contributed by atoms with Crippen LogP contribution in [-0.4, -0.2) is 47.2 Å². The van der Waals surface area contributed by atoms with Gasteiger partial charge in [-0.2, -0.15) is 11.3 Å². The maximum atomic E-state index is 12.7. The van der Waals surface area contributed by atoms with E-state index < -0.39 is 10.0 Å². The smallest absolute Gasteiger partial charge is 0.215 e. The van der Waals surface area contributed by atoms with Crippen LogP contribution in [0.25, 0.3) is 0 Å². The fourth-order valence-electron chi connectivity index (χ4n) is 3.60. The minimum Gasteiger partial charge on any atom is -0.493 e. The molecule has 1 aromatic carbocycles. The van der Waals surface area contributed by atoms with Gasteiger partial charge in [-0.15, -0.1) is 0 Å². The molecule has 0 spiro atoms. The van der Waals surface area contributed by atoms with E-state index in [-0.39, 0.29) is 11.8 Å². The SMILES string of the molecule is COc1ccc(CS(=O)(=O)NCC(c2ccsc2)N2CCCCC2)cc1OC. The lowest BCUT2D eigenvalue weighted by molar-refractivity contribution is 0.165. The Morgan fingerprint density at radius 3 is 2.50 bits per heavy atom. The van der Waals surface area contributed by atoms with E-state index >= 15 is 0 Å². The van der Waals surface area contributed by atoms with Crippen molar-refractivity contribution in [1.29, 1.82) is 0 Å². The molecule has 1 fully saturated rings. The molecule has 1 aliphatic rings. The van der Waals surface area contributed by atoms with Crippen LogP contribution >= 0.6 is 11.3 Å². The Morgan fingerprint density at radius 2 is 1.86 bits per heavy atom. The Kier molecular flexibility index (Phi) is 7.34. The molecule has 3 rings (SSSR count). The van der Waals surface area contributed by atoms with Crippen molar-refractivity contribution in [3.8, 4) is 11.5 Å². The van der Waals surface area contributed by atoms with E-state index in [1.54, 1.807) is 43.8 Å². The van der Waals surface area contributed by atoms with Gasteiger partial charge in [0.2, 0.25) is 10.0 Å². The predicted octanol–water partition coefficient (Wildman–Crippen LogP) is 3.41. The molecule has 0 bridgehead atoms. The third kappa shape index (κ3) is 5.47. The van der Waals surface area contributed by atoms with Crippen LogP contribution < -0.4 is 14.2 Å². The van der Waals surface area contributed by atoms with E-state index in [0.717, 1.165) is 13.1 Å². The van der Waals surface area contributed by atoms with Gasteiger partial charge in [-0.3, -0.25) is 4.90 Å². The lowest BCUT2D eigenvalue weighted by Gasteiger charge is -2.34. The summed E-state index contributed by atoms with van der Waals surface area (Å²) < 4.78 is 38.7. The molecule has 0 radical (unpaired) electrons. The van der Waals surface area contributed by atoms with E-state index in [1.807, 2.05) is 5.38 Å². The number of nitrogens with one attached hydrogen (secondary N) is 1. The molecular weight excluding hydrogens is 396 g/mol. The van der Waals surface area contributed by atoms with Gasteiger partial charge in [-0.1, -0.05) is 12.5 Å². The lowest BCUT2D eigenvalue weighted by Crippen LogP contribution is -2.40. The molecule has 1 atom stereocenters. The van der Waals surface area contributed by atoms with Gasteiger partial charge in [0.25, 0.3) is 0 Å². The summed E-state index contributed by atoms with van der Waals surface area (Å²) in [6.45, 7) is 2.40. The second-order valence-corrected chi connectivity index (χ2v) is 9.55. The molecule has 1 unspecified atom stereocenters. The van der Waals surface area contributed by atoms with Crippen molar-refractivity contribution >= 4 is 21.4 Å². The largest absolute Gasteiger partial charge is 0.493 e. The number of methoxy groups -OCH3 is 2. The summed E-state index contributed by atoms with van der Waals surface area (Å²) in [5, 5.41) is 4.16. The van der Waals surface area contributed by atoms with Crippen molar-refractivity contribution in [3.63, 3.8) is 0 Å². The molecule has 0 saturated carbocycles. The van der Waals surface area contributed by atoms with Gasteiger partial charge in [0, 0.05) is 12.6 Å². The van der Waals surface area contributed by atoms with Crippen LogP contribution in [0, 0.1) is 0 Å². The number of likely N-dealkylation sites (tertiary alicyclic amines) is 1. The molecule has 6 nitrogen and oxygen atoms in total. The topological polar surface area (TPSA) is 67.9 Å². The maximum absolute atomic E-state index is 12.7. The van der Waals surface area contributed by atoms with Crippen molar-refractivity contribution < 1.29 is 17.9 Å². The van der Waals surface area contributed by atoms with Crippen LogP contribution in [0.3, 0.4) is 0 Å².